The first-order valence-corrected chi connectivity index (χ1v) is 6.97. The Kier molecular flexibility index (Phi) is 6.55. The van der Waals surface area contributed by atoms with Crippen LogP contribution in [0.25, 0.3) is 0 Å². The predicted octanol–water partition coefficient (Wildman–Crippen LogP) is 4.11. The van der Waals surface area contributed by atoms with Gasteiger partial charge >= 0.3 is 0 Å². The third-order valence-corrected chi connectivity index (χ3v) is 2.79. The van der Waals surface area contributed by atoms with Crippen molar-refractivity contribution in [2.24, 2.45) is 5.92 Å². The van der Waals surface area contributed by atoms with Crippen molar-refractivity contribution in [3.05, 3.63) is 18.3 Å². The molecule has 0 amide bonds. The molecular weight excluding hydrogens is 224 g/mol. The van der Waals surface area contributed by atoms with Crippen LogP contribution >= 0.6 is 0 Å². The van der Waals surface area contributed by atoms with Crippen molar-refractivity contribution in [1.82, 2.24) is 4.98 Å². The third kappa shape index (κ3) is 5.39. The molecule has 1 heterocycles. The van der Waals surface area contributed by atoms with Crippen LogP contribution in [0.1, 0.15) is 47.0 Å². The Morgan fingerprint density at radius 2 is 2.06 bits per heavy atom. The highest BCUT2D eigenvalue weighted by Crippen LogP contribution is 2.22. The fraction of sp³-hybridized carbons (Fsp3) is 0.667. The molecule has 1 unspecified atom stereocenters. The molecule has 0 bridgehead atoms. The lowest BCUT2D eigenvalue weighted by atomic mass is 10.0. The number of hydrogen-bond acceptors (Lipinski definition) is 3. The molecule has 1 rings (SSSR count). The van der Waals surface area contributed by atoms with Crippen molar-refractivity contribution in [3.63, 3.8) is 0 Å². The summed E-state index contributed by atoms with van der Waals surface area (Å²) in [5.41, 5.74) is 0. The topological polar surface area (TPSA) is 34.1 Å². The summed E-state index contributed by atoms with van der Waals surface area (Å²) in [6.07, 6.45) is 5.20. The second-order valence-corrected chi connectivity index (χ2v) is 5.22. The SMILES string of the molecule is CCCOc1cccnc1NC(C)CCC(C)C. The summed E-state index contributed by atoms with van der Waals surface area (Å²) in [6.45, 7) is 9.54. The van der Waals surface area contributed by atoms with E-state index in [0.29, 0.717) is 6.04 Å². The van der Waals surface area contributed by atoms with E-state index >= 15 is 0 Å². The first-order valence-electron chi connectivity index (χ1n) is 6.97. The van der Waals surface area contributed by atoms with Crippen LogP contribution in [0.15, 0.2) is 18.3 Å². The molecule has 0 spiro atoms. The van der Waals surface area contributed by atoms with Gasteiger partial charge in [0.25, 0.3) is 0 Å². The van der Waals surface area contributed by atoms with Crippen LogP contribution < -0.4 is 10.1 Å². The van der Waals surface area contributed by atoms with Crippen LogP contribution in [0.2, 0.25) is 0 Å². The molecule has 0 fully saturated rings. The van der Waals surface area contributed by atoms with Gasteiger partial charge in [0.05, 0.1) is 6.61 Å². The lowest BCUT2D eigenvalue weighted by Crippen LogP contribution is -2.17. The number of nitrogens with one attached hydrogen (secondary N) is 1. The molecule has 3 nitrogen and oxygen atoms in total. The Labute approximate surface area is 111 Å². The standard InChI is InChI=1S/C15H26N2O/c1-5-11-18-14-7-6-10-16-15(14)17-13(4)9-8-12(2)3/h6-7,10,12-13H,5,8-9,11H2,1-4H3,(H,16,17). The molecule has 18 heavy (non-hydrogen) atoms. The summed E-state index contributed by atoms with van der Waals surface area (Å²) in [4.78, 5) is 4.36. The molecule has 1 atom stereocenters. The van der Waals surface area contributed by atoms with Crippen molar-refractivity contribution < 1.29 is 4.74 Å². The zero-order valence-corrected chi connectivity index (χ0v) is 12.1. The first-order chi connectivity index (χ1) is 8.63. The van der Waals surface area contributed by atoms with E-state index in [0.717, 1.165) is 36.9 Å². The van der Waals surface area contributed by atoms with Crippen LogP contribution in [0.3, 0.4) is 0 Å². The minimum absolute atomic E-state index is 0.422. The van der Waals surface area contributed by atoms with Gasteiger partial charge in [0, 0.05) is 12.2 Å². The molecule has 0 aromatic carbocycles. The fourth-order valence-corrected chi connectivity index (χ4v) is 1.72. The largest absolute Gasteiger partial charge is 0.490 e. The van der Waals surface area contributed by atoms with E-state index in [2.05, 4.69) is 38.0 Å². The quantitative estimate of drug-likeness (QED) is 0.754. The molecule has 102 valence electrons. The van der Waals surface area contributed by atoms with Crippen LogP contribution in [0.4, 0.5) is 5.82 Å². The number of nitrogens with zero attached hydrogens (tertiary/aromatic N) is 1. The van der Waals surface area contributed by atoms with E-state index in [4.69, 9.17) is 4.74 Å². The van der Waals surface area contributed by atoms with Gasteiger partial charge in [0.2, 0.25) is 0 Å². The Morgan fingerprint density at radius 1 is 1.28 bits per heavy atom. The minimum atomic E-state index is 0.422. The Hall–Kier alpha value is -1.25. The van der Waals surface area contributed by atoms with Crippen molar-refractivity contribution in [3.8, 4) is 5.75 Å². The molecule has 1 N–H and O–H groups in total. The van der Waals surface area contributed by atoms with Gasteiger partial charge < -0.3 is 10.1 Å². The summed E-state index contributed by atoms with van der Waals surface area (Å²) in [5, 5.41) is 3.44. The Morgan fingerprint density at radius 3 is 2.72 bits per heavy atom. The van der Waals surface area contributed by atoms with Crippen molar-refractivity contribution in [2.45, 2.75) is 53.0 Å². The molecule has 0 aliphatic heterocycles. The molecule has 0 saturated carbocycles. The molecule has 1 aromatic heterocycles. The van der Waals surface area contributed by atoms with E-state index in [1.165, 1.54) is 6.42 Å². The number of anilines is 1. The van der Waals surface area contributed by atoms with E-state index < -0.39 is 0 Å². The highest BCUT2D eigenvalue weighted by atomic mass is 16.5. The summed E-state index contributed by atoms with van der Waals surface area (Å²) in [6, 6.07) is 4.31. The highest BCUT2D eigenvalue weighted by Gasteiger charge is 2.08. The van der Waals surface area contributed by atoms with Gasteiger partial charge in [-0.05, 0) is 44.2 Å². The van der Waals surface area contributed by atoms with Gasteiger partial charge in [-0.25, -0.2) is 4.98 Å². The van der Waals surface area contributed by atoms with Crippen molar-refractivity contribution >= 4 is 5.82 Å². The molecule has 0 saturated heterocycles. The van der Waals surface area contributed by atoms with Crippen LogP contribution in [-0.4, -0.2) is 17.6 Å². The first kappa shape index (κ1) is 14.8. The van der Waals surface area contributed by atoms with Gasteiger partial charge in [0.15, 0.2) is 11.6 Å². The Bertz CT molecular complexity index is 339. The monoisotopic (exact) mass is 250 g/mol. The van der Waals surface area contributed by atoms with E-state index in [1.807, 2.05) is 12.1 Å². The molecule has 0 radical (unpaired) electrons. The van der Waals surface area contributed by atoms with E-state index in [-0.39, 0.29) is 0 Å². The van der Waals surface area contributed by atoms with Gasteiger partial charge in [-0.1, -0.05) is 20.8 Å². The number of pyridine rings is 1. The average Bonchev–Trinajstić information content (AvgIpc) is 2.35. The maximum atomic E-state index is 5.69. The number of aromatic nitrogens is 1. The highest BCUT2D eigenvalue weighted by molar-refractivity contribution is 5.49. The van der Waals surface area contributed by atoms with Gasteiger partial charge in [-0.2, -0.15) is 0 Å². The minimum Gasteiger partial charge on any atom is -0.490 e. The maximum absolute atomic E-state index is 5.69. The summed E-state index contributed by atoms with van der Waals surface area (Å²) >= 11 is 0. The molecule has 1 aromatic rings. The molecule has 3 heteroatoms. The average molecular weight is 250 g/mol. The number of hydrogen-bond donors (Lipinski definition) is 1. The maximum Gasteiger partial charge on any atom is 0.168 e. The van der Waals surface area contributed by atoms with Gasteiger partial charge in [0.1, 0.15) is 0 Å². The normalized spacial score (nSPS) is 12.5. The zero-order valence-electron chi connectivity index (χ0n) is 12.1. The number of rotatable bonds is 8. The van der Waals surface area contributed by atoms with Crippen LogP contribution in [-0.2, 0) is 0 Å². The second-order valence-electron chi connectivity index (χ2n) is 5.22. The molecular formula is C15H26N2O. The summed E-state index contributed by atoms with van der Waals surface area (Å²) in [7, 11) is 0. The number of ether oxygens (including phenoxy) is 1. The smallest absolute Gasteiger partial charge is 0.168 e. The summed E-state index contributed by atoms with van der Waals surface area (Å²) in [5.74, 6) is 2.46. The molecule has 0 aliphatic rings. The van der Waals surface area contributed by atoms with Crippen LogP contribution in [0, 0.1) is 5.92 Å². The second kappa shape index (κ2) is 7.96. The lowest BCUT2D eigenvalue weighted by Gasteiger charge is -2.18. The van der Waals surface area contributed by atoms with Crippen LogP contribution in [0.5, 0.6) is 5.75 Å². The van der Waals surface area contributed by atoms with Gasteiger partial charge in [-0.3, -0.25) is 0 Å². The molecule has 0 aliphatic carbocycles. The Balaban J connectivity index is 2.54. The predicted molar refractivity (Wildman–Crippen MR) is 77.2 cm³/mol. The van der Waals surface area contributed by atoms with E-state index in [9.17, 15) is 0 Å². The van der Waals surface area contributed by atoms with Crippen molar-refractivity contribution in [2.75, 3.05) is 11.9 Å². The summed E-state index contributed by atoms with van der Waals surface area (Å²) < 4.78 is 5.69. The van der Waals surface area contributed by atoms with E-state index in [1.54, 1.807) is 6.20 Å². The fourth-order valence-electron chi connectivity index (χ4n) is 1.72. The zero-order chi connectivity index (χ0) is 13.4. The van der Waals surface area contributed by atoms with Crippen molar-refractivity contribution in [1.29, 1.82) is 0 Å². The van der Waals surface area contributed by atoms with Gasteiger partial charge in [-0.15, -0.1) is 0 Å². The third-order valence-electron chi connectivity index (χ3n) is 2.79. The lowest BCUT2D eigenvalue weighted by molar-refractivity contribution is 0.317.